The molecule has 2 aromatic heterocycles. The Morgan fingerprint density at radius 2 is 2.14 bits per heavy atom. The Hall–Kier alpha value is -1.94. The number of aromatic nitrogens is 4. The minimum atomic E-state index is -0.443. The number of amides is 1. The van der Waals surface area contributed by atoms with Gasteiger partial charge >= 0.3 is 0 Å². The first-order chi connectivity index (χ1) is 13.6. The highest BCUT2D eigenvalue weighted by atomic mass is 35.5. The molecule has 3 aromatic rings. The minimum absolute atomic E-state index is 0.111. The molecule has 3 rings (SSSR count). The fourth-order valence-electron chi connectivity index (χ4n) is 2.10. The van der Waals surface area contributed by atoms with Crippen LogP contribution >= 0.6 is 46.5 Å². The molecule has 0 fully saturated rings. The van der Waals surface area contributed by atoms with Crippen LogP contribution in [0.5, 0.6) is 0 Å². The van der Waals surface area contributed by atoms with E-state index in [4.69, 9.17) is 11.6 Å². The van der Waals surface area contributed by atoms with E-state index in [1.807, 2.05) is 12.1 Å². The quantitative estimate of drug-likeness (QED) is 0.221. The van der Waals surface area contributed by atoms with Crippen LogP contribution in [0, 0.1) is 6.92 Å². The van der Waals surface area contributed by atoms with E-state index < -0.39 is 5.91 Å². The molecule has 1 N–H and O–H groups in total. The zero-order valence-corrected chi connectivity index (χ0v) is 18.1. The maximum Gasteiger partial charge on any atom is 0.277 e. The summed E-state index contributed by atoms with van der Waals surface area (Å²) < 4.78 is 0.749. The Balaban J connectivity index is 1.68. The maximum absolute atomic E-state index is 12.6. The third-order valence-electron chi connectivity index (χ3n) is 3.51. The van der Waals surface area contributed by atoms with E-state index in [9.17, 15) is 4.79 Å². The lowest BCUT2D eigenvalue weighted by molar-refractivity contribution is 0.102. The topological polar surface area (TPSA) is 80.7 Å². The second-order valence-electron chi connectivity index (χ2n) is 5.49. The van der Waals surface area contributed by atoms with Gasteiger partial charge in [0.1, 0.15) is 0 Å². The SMILES string of the molecule is C=CCSc1nnc(NC(=O)c2nc(SCc3ccccc3C)ncc2Cl)s1. The van der Waals surface area contributed by atoms with Crippen molar-refractivity contribution in [3.05, 3.63) is 65.0 Å². The Labute approximate surface area is 180 Å². The smallest absolute Gasteiger partial charge is 0.277 e. The highest BCUT2D eigenvalue weighted by Gasteiger charge is 2.17. The molecule has 10 heteroatoms. The molecule has 0 unspecified atom stereocenters. The maximum atomic E-state index is 12.6. The lowest BCUT2D eigenvalue weighted by Gasteiger charge is -2.07. The van der Waals surface area contributed by atoms with Gasteiger partial charge in [0.15, 0.2) is 15.2 Å². The molecule has 0 radical (unpaired) electrons. The van der Waals surface area contributed by atoms with E-state index in [0.717, 1.165) is 10.1 Å². The molecule has 144 valence electrons. The van der Waals surface area contributed by atoms with E-state index in [-0.39, 0.29) is 10.7 Å². The number of nitrogens with zero attached hydrogens (tertiary/aromatic N) is 4. The predicted molar refractivity (Wildman–Crippen MR) is 117 cm³/mol. The van der Waals surface area contributed by atoms with Gasteiger partial charge in [0.2, 0.25) is 5.13 Å². The molecule has 0 saturated heterocycles. The number of benzene rings is 1. The standard InChI is InChI=1S/C18H16ClN5OS3/c1-3-8-26-18-24-23-17(28-18)22-15(25)14-13(19)9-20-16(21-14)27-10-12-7-5-4-6-11(12)2/h3-7,9H,1,8,10H2,2H3,(H,22,23,25). The zero-order chi connectivity index (χ0) is 19.9. The van der Waals surface area contributed by atoms with E-state index in [0.29, 0.717) is 16.0 Å². The summed E-state index contributed by atoms with van der Waals surface area (Å²) in [6, 6.07) is 8.11. The molecule has 0 spiro atoms. The van der Waals surface area contributed by atoms with E-state index >= 15 is 0 Å². The van der Waals surface area contributed by atoms with Crippen LogP contribution < -0.4 is 5.32 Å². The lowest BCUT2D eigenvalue weighted by atomic mass is 10.1. The molecule has 1 amide bonds. The molecule has 0 saturated carbocycles. The third kappa shape index (κ3) is 5.54. The molecule has 28 heavy (non-hydrogen) atoms. The summed E-state index contributed by atoms with van der Waals surface area (Å²) in [6.07, 6.45) is 3.22. The van der Waals surface area contributed by atoms with Crippen LogP contribution in [0.1, 0.15) is 21.6 Å². The Morgan fingerprint density at radius 3 is 2.93 bits per heavy atom. The normalized spacial score (nSPS) is 10.6. The number of hydrogen-bond acceptors (Lipinski definition) is 8. The molecule has 0 atom stereocenters. The van der Waals surface area contributed by atoms with Crippen molar-refractivity contribution in [3.63, 3.8) is 0 Å². The summed E-state index contributed by atoms with van der Waals surface area (Å²) in [5, 5.41) is 11.7. The van der Waals surface area contributed by atoms with Gasteiger partial charge in [0.05, 0.1) is 11.2 Å². The molecule has 6 nitrogen and oxygen atoms in total. The molecular weight excluding hydrogens is 434 g/mol. The number of anilines is 1. The second-order valence-corrected chi connectivity index (χ2v) is 9.09. The van der Waals surface area contributed by atoms with Gasteiger partial charge < -0.3 is 0 Å². The fraction of sp³-hybridized carbons (Fsp3) is 0.167. The summed E-state index contributed by atoms with van der Waals surface area (Å²) in [6.45, 7) is 5.72. The van der Waals surface area contributed by atoms with Crippen molar-refractivity contribution >= 4 is 57.5 Å². The van der Waals surface area contributed by atoms with Gasteiger partial charge in [-0.05, 0) is 18.1 Å². The van der Waals surface area contributed by atoms with E-state index in [1.54, 1.807) is 6.08 Å². The average molecular weight is 450 g/mol. The minimum Gasteiger partial charge on any atom is -0.295 e. The highest BCUT2D eigenvalue weighted by Crippen LogP contribution is 2.27. The van der Waals surface area contributed by atoms with Crippen molar-refractivity contribution in [2.24, 2.45) is 0 Å². The molecule has 0 bridgehead atoms. The second kappa shape index (κ2) is 10.0. The van der Waals surface area contributed by atoms with Crippen LogP contribution in [0.2, 0.25) is 5.02 Å². The fourth-order valence-corrected chi connectivity index (χ4v) is 4.68. The van der Waals surface area contributed by atoms with Crippen LogP contribution in [0.15, 0.2) is 52.6 Å². The van der Waals surface area contributed by atoms with Crippen molar-refractivity contribution in [2.75, 3.05) is 11.1 Å². The van der Waals surface area contributed by atoms with Crippen LogP contribution in [0.25, 0.3) is 0 Å². The van der Waals surface area contributed by atoms with E-state index in [1.165, 1.54) is 52.2 Å². The van der Waals surface area contributed by atoms with Crippen molar-refractivity contribution in [2.45, 2.75) is 22.2 Å². The lowest BCUT2D eigenvalue weighted by Crippen LogP contribution is -2.15. The molecule has 0 aliphatic heterocycles. The molecular formula is C18H16ClN5OS3. The van der Waals surface area contributed by atoms with Crippen LogP contribution in [-0.4, -0.2) is 31.8 Å². The number of rotatable bonds is 8. The van der Waals surface area contributed by atoms with Gasteiger partial charge in [-0.25, -0.2) is 9.97 Å². The summed E-state index contributed by atoms with van der Waals surface area (Å²) >= 11 is 10.4. The van der Waals surface area contributed by atoms with Gasteiger partial charge in [-0.15, -0.1) is 16.8 Å². The summed E-state index contributed by atoms with van der Waals surface area (Å²) in [5.41, 5.74) is 2.50. The monoisotopic (exact) mass is 449 g/mol. The molecule has 0 aliphatic carbocycles. The number of hydrogen-bond donors (Lipinski definition) is 1. The number of nitrogens with one attached hydrogen (secondary N) is 1. The van der Waals surface area contributed by atoms with Gasteiger partial charge in [0.25, 0.3) is 5.91 Å². The van der Waals surface area contributed by atoms with Gasteiger partial charge in [-0.1, -0.05) is 76.8 Å². The van der Waals surface area contributed by atoms with Crippen molar-refractivity contribution in [1.82, 2.24) is 20.2 Å². The Morgan fingerprint density at radius 1 is 1.32 bits per heavy atom. The van der Waals surface area contributed by atoms with Crippen LogP contribution in [-0.2, 0) is 5.75 Å². The Kier molecular flexibility index (Phi) is 7.43. The molecule has 1 aromatic carbocycles. The number of halogens is 1. The number of aryl methyl sites for hydroxylation is 1. The summed E-state index contributed by atoms with van der Waals surface area (Å²) in [4.78, 5) is 21.1. The third-order valence-corrected chi connectivity index (χ3v) is 6.66. The van der Waals surface area contributed by atoms with Crippen LogP contribution in [0.4, 0.5) is 5.13 Å². The predicted octanol–water partition coefficient (Wildman–Crippen LogP) is 5.11. The summed E-state index contributed by atoms with van der Waals surface area (Å²) in [5.74, 6) is 0.985. The summed E-state index contributed by atoms with van der Waals surface area (Å²) in [7, 11) is 0. The molecule has 2 heterocycles. The number of thioether (sulfide) groups is 2. The first kappa shape index (κ1) is 20.8. The first-order valence-corrected chi connectivity index (χ1v) is 11.3. The van der Waals surface area contributed by atoms with Crippen molar-refractivity contribution in [1.29, 1.82) is 0 Å². The van der Waals surface area contributed by atoms with Gasteiger partial charge in [0, 0.05) is 11.5 Å². The highest BCUT2D eigenvalue weighted by molar-refractivity contribution is 8.01. The first-order valence-electron chi connectivity index (χ1n) is 8.15. The largest absolute Gasteiger partial charge is 0.295 e. The van der Waals surface area contributed by atoms with Crippen molar-refractivity contribution in [3.8, 4) is 0 Å². The van der Waals surface area contributed by atoms with Crippen molar-refractivity contribution < 1.29 is 4.79 Å². The Bertz CT molecular complexity index is 995. The number of carbonyl (C=O) groups excluding carboxylic acids is 1. The van der Waals surface area contributed by atoms with Gasteiger partial charge in [-0.3, -0.25) is 10.1 Å². The van der Waals surface area contributed by atoms with Crippen LogP contribution in [0.3, 0.4) is 0 Å². The van der Waals surface area contributed by atoms with E-state index in [2.05, 4.69) is 51.1 Å². The average Bonchev–Trinajstić information content (AvgIpc) is 3.14. The zero-order valence-electron chi connectivity index (χ0n) is 14.9. The number of carbonyl (C=O) groups is 1. The molecule has 0 aliphatic rings. The van der Waals surface area contributed by atoms with Gasteiger partial charge in [-0.2, -0.15) is 0 Å².